The van der Waals surface area contributed by atoms with E-state index in [4.69, 9.17) is 22.4 Å². The molecule has 19 heavy (non-hydrogen) atoms. The topological polar surface area (TPSA) is 148 Å². The normalized spacial score (nSPS) is 11.6. The smallest absolute Gasteiger partial charge is 0.326 e. The van der Waals surface area contributed by atoms with E-state index in [1.54, 1.807) is 0 Å². The van der Waals surface area contributed by atoms with Crippen LogP contribution in [0.25, 0.3) is 0 Å². The second kappa shape index (κ2) is 5.96. The lowest BCUT2D eigenvalue weighted by Gasteiger charge is -2.13. The maximum Gasteiger partial charge on any atom is 0.326 e. The van der Waals surface area contributed by atoms with E-state index in [2.05, 4.69) is 10.3 Å². The molecule has 0 fully saturated rings. The average molecular weight is 289 g/mol. The molecule has 0 aliphatic heterocycles. The molecular weight excluding hydrogens is 280 g/mol. The lowest BCUT2D eigenvalue weighted by Crippen LogP contribution is -2.34. The predicted octanol–water partition coefficient (Wildman–Crippen LogP) is 0.384. The summed E-state index contributed by atoms with van der Waals surface area (Å²) in [5.74, 6) is -2.61. The monoisotopic (exact) mass is 288 g/mol. The van der Waals surface area contributed by atoms with Crippen LogP contribution in [-0.4, -0.2) is 32.9 Å². The van der Waals surface area contributed by atoms with Gasteiger partial charge in [0.1, 0.15) is 11.2 Å². The molecule has 1 amide bonds. The third-order valence-corrected chi connectivity index (χ3v) is 2.26. The van der Waals surface area contributed by atoms with Crippen LogP contribution in [0.4, 0.5) is 11.5 Å². The molecule has 0 radical (unpaired) electrons. The zero-order valence-corrected chi connectivity index (χ0v) is 10.1. The van der Waals surface area contributed by atoms with Gasteiger partial charge in [0, 0.05) is 6.07 Å². The first-order valence-corrected chi connectivity index (χ1v) is 5.27. The maximum absolute atomic E-state index is 10.9. The lowest BCUT2D eigenvalue weighted by molar-refractivity contribution is -0.384. The number of carbonyl (C=O) groups is 2. The number of nitrogens with two attached hydrogens (primary N) is 1. The second-order valence-electron chi connectivity index (χ2n) is 3.46. The minimum absolute atomic E-state index is 0.0590. The van der Waals surface area contributed by atoms with E-state index in [-0.39, 0.29) is 11.0 Å². The molecule has 1 atom stereocenters. The fourth-order valence-corrected chi connectivity index (χ4v) is 1.40. The SMILES string of the molecule is NC(=O)CC(Nc1nc(Cl)ccc1[N+](=O)[O-])C(=O)O. The molecule has 0 aromatic carbocycles. The van der Waals surface area contributed by atoms with Gasteiger partial charge in [-0.15, -0.1) is 0 Å². The van der Waals surface area contributed by atoms with Gasteiger partial charge in [0.15, 0.2) is 0 Å². The number of hydrogen-bond acceptors (Lipinski definition) is 6. The zero-order chi connectivity index (χ0) is 14.6. The summed E-state index contributed by atoms with van der Waals surface area (Å²) in [6.45, 7) is 0. The van der Waals surface area contributed by atoms with E-state index in [0.717, 1.165) is 6.07 Å². The number of nitrogens with zero attached hydrogens (tertiary/aromatic N) is 2. The first-order chi connectivity index (χ1) is 8.81. The minimum atomic E-state index is -1.43. The summed E-state index contributed by atoms with van der Waals surface area (Å²) >= 11 is 5.58. The number of halogens is 1. The fourth-order valence-electron chi connectivity index (χ4n) is 1.25. The van der Waals surface area contributed by atoms with E-state index >= 15 is 0 Å². The number of carboxylic acids is 1. The molecule has 1 rings (SSSR count). The third-order valence-electron chi connectivity index (χ3n) is 2.05. The molecule has 1 unspecified atom stereocenters. The summed E-state index contributed by atoms with van der Waals surface area (Å²) < 4.78 is 0. The Morgan fingerprint density at radius 3 is 2.68 bits per heavy atom. The summed E-state index contributed by atoms with van der Waals surface area (Å²) in [5.41, 5.74) is 4.43. The first-order valence-electron chi connectivity index (χ1n) is 4.90. The Kier molecular flexibility index (Phi) is 4.59. The molecule has 0 spiro atoms. The standard InChI is InChI=1S/C9H9ClN4O5/c10-6-2-1-5(14(18)19)8(13-6)12-4(9(16)17)3-7(11)15/h1-2,4H,3H2,(H2,11,15)(H,12,13)(H,16,17). The van der Waals surface area contributed by atoms with Gasteiger partial charge in [-0.25, -0.2) is 9.78 Å². The van der Waals surface area contributed by atoms with E-state index in [0.29, 0.717) is 0 Å². The Hall–Kier alpha value is -2.42. The number of aliphatic carboxylic acids is 1. The van der Waals surface area contributed by atoms with Gasteiger partial charge >= 0.3 is 11.7 Å². The first kappa shape index (κ1) is 14.6. The maximum atomic E-state index is 10.9. The third kappa shape index (κ3) is 4.07. The van der Waals surface area contributed by atoms with Gasteiger partial charge in [0.25, 0.3) is 0 Å². The van der Waals surface area contributed by atoms with Crippen LogP contribution < -0.4 is 11.1 Å². The molecular formula is C9H9ClN4O5. The summed E-state index contributed by atoms with van der Waals surface area (Å²) in [5, 5.41) is 21.8. The number of amides is 1. The number of nitrogens with one attached hydrogen (secondary N) is 1. The summed E-state index contributed by atoms with van der Waals surface area (Å²) in [7, 11) is 0. The highest BCUT2D eigenvalue weighted by molar-refractivity contribution is 6.29. The van der Waals surface area contributed by atoms with Crippen LogP contribution >= 0.6 is 11.6 Å². The average Bonchev–Trinajstić information content (AvgIpc) is 2.26. The van der Waals surface area contributed by atoms with Crippen molar-refractivity contribution in [1.82, 2.24) is 4.98 Å². The largest absolute Gasteiger partial charge is 0.480 e. The molecule has 4 N–H and O–H groups in total. The molecule has 0 aliphatic carbocycles. The van der Waals surface area contributed by atoms with Crippen molar-refractivity contribution in [2.75, 3.05) is 5.32 Å². The molecule has 0 saturated carbocycles. The summed E-state index contributed by atoms with van der Waals surface area (Å²) in [6.07, 6.45) is -0.541. The van der Waals surface area contributed by atoms with Gasteiger partial charge in [-0.3, -0.25) is 14.9 Å². The van der Waals surface area contributed by atoms with E-state index in [9.17, 15) is 19.7 Å². The number of rotatable bonds is 6. The Balaban J connectivity index is 3.07. The highest BCUT2D eigenvalue weighted by Crippen LogP contribution is 2.24. The van der Waals surface area contributed by atoms with Gasteiger partial charge < -0.3 is 16.2 Å². The van der Waals surface area contributed by atoms with Crippen LogP contribution in [0, 0.1) is 10.1 Å². The Morgan fingerprint density at radius 1 is 1.58 bits per heavy atom. The molecule has 0 saturated heterocycles. The molecule has 0 bridgehead atoms. The highest BCUT2D eigenvalue weighted by atomic mass is 35.5. The van der Waals surface area contributed by atoms with E-state index in [1.165, 1.54) is 6.07 Å². The van der Waals surface area contributed by atoms with E-state index < -0.39 is 34.9 Å². The van der Waals surface area contributed by atoms with Crippen molar-refractivity contribution < 1.29 is 19.6 Å². The van der Waals surface area contributed by atoms with Crippen molar-refractivity contribution in [3.8, 4) is 0 Å². The molecule has 102 valence electrons. The quantitative estimate of drug-likeness (QED) is 0.389. The number of primary amides is 1. The number of carbonyl (C=O) groups excluding carboxylic acids is 1. The summed E-state index contributed by atoms with van der Waals surface area (Å²) in [4.78, 5) is 35.2. The molecule has 9 nitrogen and oxygen atoms in total. The van der Waals surface area contributed by atoms with Crippen LogP contribution in [0.15, 0.2) is 12.1 Å². The molecule has 1 aromatic heterocycles. The van der Waals surface area contributed by atoms with Crippen LogP contribution in [0.3, 0.4) is 0 Å². The van der Waals surface area contributed by atoms with Gasteiger partial charge in [-0.2, -0.15) is 0 Å². The van der Waals surface area contributed by atoms with Crippen molar-refractivity contribution in [2.24, 2.45) is 5.73 Å². The Morgan fingerprint density at radius 2 is 2.21 bits per heavy atom. The number of pyridine rings is 1. The van der Waals surface area contributed by atoms with Crippen molar-refractivity contribution in [3.63, 3.8) is 0 Å². The molecule has 1 aromatic rings. The molecule has 1 heterocycles. The van der Waals surface area contributed by atoms with Gasteiger partial charge in [0.05, 0.1) is 11.3 Å². The van der Waals surface area contributed by atoms with Crippen LogP contribution in [0.5, 0.6) is 0 Å². The molecule has 0 aliphatic rings. The predicted molar refractivity (Wildman–Crippen MR) is 64.8 cm³/mol. The number of carboxylic acid groups (broad SMARTS) is 1. The van der Waals surface area contributed by atoms with Crippen molar-refractivity contribution >= 4 is 35.0 Å². The molecule has 10 heteroatoms. The lowest BCUT2D eigenvalue weighted by atomic mass is 10.2. The van der Waals surface area contributed by atoms with Crippen molar-refractivity contribution in [3.05, 3.63) is 27.4 Å². The van der Waals surface area contributed by atoms with Crippen molar-refractivity contribution in [1.29, 1.82) is 0 Å². The minimum Gasteiger partial charge on any atom is -0.480 e. The van der Waals surface area contributed by atoms with Crippen LogP contribution in [-0.2, 0) is 9.59 Å². The van der Waals surface area contributed by atoms with Crippen LogP contribution in [0.1, 0.15) is 6.42 Å². The van der Waals surface area contributed by atoms with Gasteiger partial charge in [0.2, 0.25) is 11.7 Å². The zero-order valence-electron chi connectivity index (χ0n) is 9.37. The Bertz CT molecular complexity index is 535. The van der Waals surface area contributed by atoms with Crippen LogP contribution in [0.2, 0.25) is 5.15 Å². The number of anilines is 1. The highest BCUT2D eigenvalue weighted by Gasteiger charge is 2.25. The van der Waals surface area contributed by atoms with Gasteiger partial charge in [-0.1, -0.05) is 11.6 Å². The number of hydrogen-bond donors (Lipinski definition) is 3. The number of aromatic nitrogens is 1. The van der Waals surface area contributed by atoms with Crippen molar-refractivity contribution in [2.45, 2.75) is 12.5 Å². The van der Waals surface area contributed by atoms with Gasteiger partial charge in [-0.05, 0) is 6.07 Å². The Labute approximate surface area is 111 Å². The van der Waals surface area contributed by atoms with E-state index in [1.807, 2.05) is 0 Å². The fraction of sp³-hybridized carbons (Fsp3) is 0.222. The summed E-state index contributed by atoms with van der Waals surface area (Å²) in [6, 6.07) is 0.831. The second-order valence-corrected chi connectivity index (χ2v) is 3.85. The number of nitro groups is 1.